The highest BCUT2D eigenvalue weighted by Gasteiger charge is 2.25. The lowest BCUT2D eigenvalue weighted by atomic mass is 9.83. The van der Waals surface area contributed by atoms with Gasteiger partial charge in [-0.2, -0.15) is 0 Å². The van der Waals surface area contributed by atoms with E-state index < -0.39 is 0 Å². The summed E-state index contributed by atoms with van der Waals surface area (Å²) in [5.41, 5.74) is 1.25. The molecule has 0 fully saturated rings. The summed E-state index contributed by atoms with van der Waals surface area (Å²) < 4.78 is 0. The van der Waals surface area contributed by atoms with Gasteiger partial charge in [0.2, 0.25) is 0 Å². The molecule has 0 aliphatic heterocycles. The first-order valence-corrected chi connectivity index (χ1v) is 6.41. The third kappa shape index (κ3) is 3.79. The molecule has 0 spiro atoms. The third-order valence-electron chi connectivity index (χ3n) is 3.82. The molecule has 0 saturated heterocycles. The second-order valence-corrected chi connectivity index (χ2v) is 4.75. The molecular weight excluding hydrogens is 212 g/mol. The molecule has 0 aromatic carbocycles. The Morgan fingerprint density at radius 2 is 1.88 bits per heavy atom. The fourth-order valence-corrected chi connectivity index (χ4v) is 1.92. The van der Waals surface area contributed by atoms with Crippen LogP contribution in [0.1, 0.15) is 45.2 Å². The SMILES string of the molecule is CCC(CC)(CO)CNC(C)c1ccncc1. The molecule has 0 aliphatic carbocycles. The van der Waals surface area contributed by atoms with Gasteiger partial charge >= 0.3 is 0 Å². The highest BCUT2D eigenvalue weighted by Crippen LogP contribution is 2.25. The van der Waals surface area contributed by atoms with E-state index in [0.29, 0.717) is 6.04 Å². The van der Waals surface area contributed by atoms with Gasteiger partial charge in [0.25, 0.3) is 0 Å². The van der Waals surface area contributed by atoms with Crippen LogP contribution in [0.15, 0.2) is 24.5 Å². The van der Waals surface area contributed by atoms with E-state index in [2.05, 4.69) is 31.1 Å². The quantitative estimate of drug-likeness (QED) is 0.764. The van der Waals surface area contributed by atoms with Gasteiger partial charge in [-0.1, -0.05) is 13.8 Å². The van der Waals surface area contributed by atoms with Crippen LogP contribution >= 0.6 is 0 Å². The minimum Gasteiger partial charge on any atom is -0.396 e. The van der Waals surface area contributed by atoms with Crippen LogP contribution in [0.2, 0.25) is 0 Å². The lowest BCUT2D eigenvalue weighted by Gasteiger charge is -2.31. The minimum atomic E-state index is 0.0152. The number of aromatic nitrogens is 1. The normalized spacial score (nSPS) is 13.6. The summed E-state index contributed by atoms with van der Waals surface area (Å²) in [7, 11) is 0. The van der Waals surface area contributed by atoms with E-state index >= 15 is 0 Å². The molecule has 1 unspecified atom stereocenters. The van der Waals surface area contributed by atoms with Crippen LogP contribution in [-0.2, 0) is 0 Å². The van der Waals surface area contributed by atoms with E-state index in [1.54, 1.807) is 0 Å². The lowest BCUT2D eigenvalue weighted by Crippen LogP contribution is -2.37. The maximum absolute atomic E-state index is 9.51. The average Bonchev–Trinajstić information content (AvgIpc) is 2.41. The van der Waals surface area contributed by atoms with Gasteiger partial charge in [0.15, 0.2) is 0 Å². The average molecular weight is 236 g/mol. The molecule has 17 heavy (non-hydrogen) atoms. The van der Waals surface area contributed by atoms with Gasteiger partial charge in [0.05, 0.1) is 0 Å². The van der Waals surface area contributed by atoms with Gasteiger partial charge in [-0.05, 0) is 37.5 Å². The van der Waals surface area contributed by atoms with Gasteiger partial charge in [-0.15, -0.1) is 0 Å². The molecule has 0 radical (unpaired) electrons. The van der Waals surface area contributed by atoms with Crippen LogP contribution in [-0.4, -0.2) is 23.2 Å². The smallest absolute Gasteiger partial charge is 0.0499 e. The number of hydrogen-bond acceptors (Lipinski definition) is 3. The number of nitrogens with one attached hydrogen (secondary N) is 1. The predicted octanol–water partition coefficient (Wildman–Crippen LogP) is 2.53. The Labute approximate surface area is 104 Å². The van der Waals surface area contributed by atoms with Crippen LogP contribution in [0, 0.1) is 5.41 Å². The third-order valence-corrected chi connectivity index (χ3v) is 3.82. The van der Waals surface area contributed by atoms with Gasteiger partial charge in [-0.25, -0.2) is 0 Å². The topological polar surface area (TPSA) is 45.1 Å². The molecule has 1 heterocycles. The predicted molar refractivity (Wildman–Crippen MR) is 70.8 cm³/mol. The Morgan fingerprint density at radius 3 is 2.35 bits per heavy atom. The van der Waals surface area contributed by atoms with Crippen LogP contribution in [0.5, 0.6) is 0 Å². The molecule has 3 heteroatoms. The Bertz CT molecular complexity index is 301. The molecule has 0 amide bonds. The van der Waals surface area contributed by atoms with E-state index in [0.717, 1.165) is 19.4 Å². The van der Waals surface area contributed by atoms with Crippen molar-refractivity contribution in [1.29, 1.82) is 0 Å². The molecule has 1 aromatic heterocycles. The summed E-state index contributed by atoms with van der Waals surface area (Å²) >= 11 is 0. The molecule has 1 atom stereocenters. The van der Waals surface area contributed by atoms with E-state index in [-0.39, 0.29) is 12.0 Å². The van der Waals surface area contributed by atoms with E-state index in [4.69, 9.17) is 0 Å². The first-order chi connectivity index (χ1) is 8.17. The summed E-state index contributed by atoms with van der Waals surface area (Å²) in [6.45, 7) is 7.51. The van der Waals surface area contributed by atoms with Crippen molar-refractivity contribution in [1.82, 2.24) is 10.3 Å². The Balaban J connectivity index is 2.55. The number of nitrogens with zero attached hydrogens (tertiary/aromatic N) is 1. The van der Waals surface area contributed by atoms with E-state index in [1.807, 2.05) is 24.5 Å². The van der Waals surface area contributed by atoms with Crippen molar-refractivity contribution in [3.63, 3.8) is 0 Å². The number of aliphatic hydroxyl groups is 1. The molecule has 0 saturated carbocycles. The molecule has 0 aliphatic rings. The van der Waals surface area contributed by atoms with Crippen LogP contribution in [0.3, 0.4) is 0 Å². The Morgan fingerprint density at radius 1 is 1.29 bits per heavy atom. The molecule has 1 aromatic rings. The molecular formula is C14H24N2O. The molecule has 2 N–H and O–H groups in total. The van der Waals surface area contributed by atoms with Gasteiger partial charge in [0, 0.05) is 37.0 Å². The van der Waals surface area contributed by atoms with Crippen LogP contribution in [0.4, 0.5) is 0 Å². The highest BCUT2D eigenvalue weighted by atomic mass is 16.3. The standard InChI is InChI=1S/C14H24N2O/c1-4-14(5-2,11-17)10-16-12(3)13-6-8-15-9-7-13/h6-9,12,16-17H,4-5,10-11H2,1-3H3. The van der Waals surface area contributed by atoms with Crippen molar-refractivity contribution in [2.24, 2.45) is 5.41 Å². The summed E-state index contributed by atoms with van der Waals surface area (Å²) in [5.74, 6) is 0. The zero-order valence-corrected chi connectivity index (χ0v) is 11.1. The minimum absolute atomic E-state index is 0.0152. The van der Waals surface area contributed by atoms with Gasteiger partial charge in [-0.3, -0.25) is 4.98 Å². The van der Waals surface area contributed by atoms with Gasteiger partial charge < -0.3 is 10.4 Å². The Hall–Kier alpha value is -0.930. The maximum Gasteiger partial charge on any atom is 0.0499 e. The highest BCUT2D eigenvalue weighted by molar-refractivity contribution is 5.13. The van der Waals surface area contributed by atoms with E-state index in [1.165, 1.54) is 5.56 Å². The van der Waals surface area contributed by atoms with Crippen molar-refractivity contribution >= 4 is 0 Å². The lowest BCUT2D eigenvalue weighted by molar-refractivity contribution is 0.110. The van der Waals surface area contributed by atoms with Crippen molar-refractivity contribution in [3.8, 4) is 0 Å². The second kappa shape index (κ2) is 6.72. The first kappa shape index (κ1) is 14.1. The largest absolute Gasteiger partial charge is 0.396 e. The monoisotopic (exact) mass is 236 g/mol. The molecule has 96 valence electrons. The zero-order valence-electron chi connectivity index (χ0n) is 11.1. The Kier molecular flexibility index (Phi) is 5.59. The van der Waals surface area contributed by atoms with Crippen molar-refractivity contribution in [3.05, 3.63) is 30.1 Å². The first-order valence-electron chi connectivity index (χ1n) is 6.41. The fraction of sp³-hybridized carbons (Fsp3) is 0.643. The van der Waals surface area contributed by atoms with Crippen molar-refractivity contribution in [2.75, 3.05) is 13.2 Å². The summed E-state index contributed by atoms with van der Waals surface area (Å²) in [6, 6.07) is 4.34. The van der Waals surface area contributed by atoms with Gasteiger partial charge in [0.1, 0.15) is 0 Å². The summed E-state index contributed by atoms with van der Waals surface area (Å²) in [4.78, 5) is 4.02. The van der Waals surface area contributed by atoms with E-state index in [9.17, 15) is 5.11 Å². The summed E-state index contributed by atoms with van der Waals surface area (Å²) in [5, 5.41) is 13.0. The fourth-order valence-electron chi connectivity index (χ4n) is 1.92. The van der Waals surface area contributed by atoms with Crippen LogP contribution < -0.4 is 5.32 Å². The molecule has 0 bridgehead atoms. The molecule has 3 nitrogen and oxygen atoms in total. The number of hydrogen-bond donors (Lipinski definition) is 2. The second-order valence-electron chi connectivity index (χ2n) is 4.75. The molecule has 1 rings (SSSR count). The maximum atomic E-state index is 9.51. The van der Waals surface area contributed by atoms with Crippen molar-refractivity contribution < 1.29 is 5.11 Å². The number of aliphatic hydroxyl groups excluding tert-OH is 1. The zero-order chi connectivity index (χ0) is 12.7. The summed E-state index contributed by atoms with van der Waals surface area (Å²) in [6.07, 6.45) is 5.62. The number of pyridine rings is 1. The van der Waals surface area contributed by atoms with Crippen LogP contribution in [0.25, 0.3) is 0 Å². The number of rotatable bonds is 7. The van der Waals surface area contributed by atoms with Crippen molar-refractivity contribution in [2.45, 2.75) is 39.7 Å².